The molecule has 2 unspecified atom stereocenters. The third-order valence-electron chi connectivity index (χ3n) is 5.76. The standard InChI is InChI=1S/C16H31N3/c1-2-14-6-4-3-5-10-19(14)16(12-17)9-11-18(13-16)15-7-8-15/h14-15H,2-13,17H2,1H3. The molecule has 3 aliphatic rings. The monoisotopic (exact) mass is 265 g/mol. The highest BCUT2D eigenvalue weighted by Crippen LogP contribution is 2.38. The number of rotatable bonds is 4. The maximum Gasteiger partial charge on any atom is 0.0473 e. The fraction of sp³-hybridized carbons (Fsp3) is 1.00. The zero-order chi connectivity index (χ0) is 13.3. The molecule has 0 aromatic heterocycles. The van der Waals surface area contributed by atoms with Crippen LogP contribution in [0.3, 0.4) is 0 Å². The molecular weight excluding hydrogens is 234 g/mol. The Kier molecular flexibility index (Phi) is 4.16. The highest BCUT2D eigenvalue weighted by molar-refractivity contribution is 5.05. The van der Waals surface area contributed by atoms with E-state index < -0.39 is 0 Å². The summed E-state index contributed by atoms with van der Waals surface area (Å²) in [4.78, 5) is 5.56. The second kappa shape index (κ2) is 5.71. The van der Waals surface area contributed by atoms with E-state index in [4.69, 9.17) is 5.73 Å². The summed E-state index contributed by atoms with van der Waals surface area (Å²) in [5, 5.41) is 0. The van der Waals surface area contributed by atoms with Crippen molar-refractivity contribution in [2.24, 2.45) is 5.73 Å². The Balaban J connectivity index is 1.75. The third-order valence-corrected chi connectivity index (χ3v) is 5.76. The zero-order valence-electron chi connectivity index (χ0n) is 12.6. The molecule has 2 N–H and O–H groups in total. The van der Waals surface area contributed by atoms with Crippen LogP contribution in [-0.4, -0.2) is 53.6 Å². The van der Waals surface area contributed by atoms with Gasteiger partial charge < -0.3 is 5.73 Å². The molecule has 3 rings (SSSR count). The summed E-state index contributed by atoms with van der Waals surface area (Å²) in [6, 6.07) is 1.69. The van der Waals surface area contributed by atoms with Crippen LogP contribution < -0.4 is 5.73 Å². The van der Waals surface area contributed by atoms with E-state index in [9.17, 15) is 0 Å². The summed E-state index contributed by atoms with van der Waals surface area (Å²) in [5.74, 6) is 0. The highest BCUT2D eigenvalue weighted by Gasteiger charge is 2.47. The highest BCUT2D eigenvalue weighted by atomic mass is 15.3. The van der Waals surface area contributed by atoms with Gasteiger partial charge >= 0.3 is 0 Å². The number of hydrogen-bond donors (Lipinski definition) is 1. The lowest BCUT2D eigenvalue weighted by atomic mass is 9.92. The van der Waals surface area contributed by atoms with Gasteiger partial charge in [-0.05, 0) is 45.1 Å². The fourth-order valence-corrected chi connectivity index (χ4v) is 4.38. The molecule has 19 heavy (non-hydrogen) atoms. The van der Waals surface area contributed by atoms with Crippen molar-refractivity contribution in [3.05, 3.63) is 0 Å². The molecule has 2 saturated heterocycles. The SMILES string of the molecule is CCC1CCCCCN1C1(CN)CCN(C2CC2)C1. The molecular formula is C16H31N3. The fourth-order valence-electron chi connectivity index (χ4n) is 4.38. The Morgan fingerprint density at radius 3 is 2.63 bits per heavy atom. The number of nitrogens with two attached hydrogens (primary N) is 1. The first kappa shape index (κ1) is 13.8. The van der Waals surface area contributed by atoms with Gasteiger partial charge in [0.25, 0.3) is 0 Å². The molecule has 2 aliphatic heterocycles. The summed E-state index contributed by atoms with van der Waals surface area (Å²) in [6.45, 7) is 7.03. The van der Waals surface area contributed by atoms with Crippen LogP contribution in [0.2, 0.25) is 0 Å². The summed E-state index contributed by atoms with van der Waals surface area (Å²) < 4.78 is 0. The smallest absolute Gasteiger partial charge is 0.0473 e. The van der Waals surface area contributed by atoms with Gasteiger partial charge in [-0.25, -0.2) is 0 Å². The van der Waals surface area contributed by atoms with E-state index in [1.165, 1.54) is 71.0 Å². The van der Waals surface area contributed by atoms with Crippen molar-refractivity contribution in [2.75, 3.05) is 26.2 Å². The van der Waals surface area contributed by atoms with Gasteiger partial charge in [-0.1, -0.05) is 19.8 Å². The number of hydrogen-bond acceptors (Lipinski definition) is 3. The molecule has 3 fully saturated rings. The first-order valence-electron chi connectivity index (χ1n) is 8.50. The van der Waals surface area contributed by atoms with Crippen molar-refractivity contribution >= 4 is 0 Å². The molecule has 0 aromatic carbocycles. The molecule has 2 atom stereocenters. The molecule has 110 valence electrons. The maximum atomic E-state index is 6.28. The first-order chi connectivity index (χ1) is 9.29. The largest absolute Gasteiger partial charge is 0.329 e. The Labute approximate surface area is 118 Å². The lowest BCUT2D eigenvalue weighted by molar-refractivity contribution is 0.0523. The average molecular weight is 265 g/mol. The van der Waals surface area contributed by atoms with Crippen molar-refractivity contribution in [3.8, 4) is 0 Å². The van der Waals surface area contributed by atoms with Crippen LogP contribution in [0.15, 0.2) is 0 Å². The minimum Gasteiger partial charge on any atom is -0.329 e. The topological polar surface area (TPSA) is 32.5 Å². The van der Waals surface area contributed by atoms with Gasteiger partial charge in [0.2, 0.25) is 0 Å². The Bertz CT molecular complexity index is 302. The minimum absolute atomic E-state index is 0.299. The summed E-state index contributed by atoms with van der Waals surface area (Å²) in [7, 11) is 0. The molecule has 3 heteroatoms. The quantitative estimate of drug-likeness (QED) is 0.846. The van der Waals surface area contributed by atoms with Gasteiger partial charge in [-0.15, -0.1) is 0 Å². The summed E-state index contributed by atoms with van der Waals surface area (Å²) >= 11 is 0. The van der Waals surface area contributed by atoms with Crippen LogP contribution in [0.25, 0.3) is 0 Å². The lowest BCUT2D eigenvalue weighted by Gasteiger charge is -2.44. The summed E-state index contributed by atoms with van der Waals surface area (Å²) in [5.41, 5.74) is 6.58. The molecule has 0 spiro atoms. The van der Waals surface area contributed by atoms with Crippen molar-refractivity contribution < 1.29 is 0 Å². The predicted molar refractivity (Wildman–Crippen MR) is 80.3 cm³/mol. The van der Waals surface area contributed by atoms with Crippen LogP contribution in [-0.2, 0) is 0 Å². The lowest BCUT2D eigenvalue weighted by Crippen LogP contribution is -2.59. The third kappa shape index (κ3) is 2.70. The van der Waals surface area contributed by atoms with Gasteiger partial charge in [0.1, 0.15) is 0 Å². The normalized spacial score (nSPS) is 38.5. The van der Waals surface area contributed by atoms with Crippen LogP contribution in [0.4, 0.5) is 0 Å². The van der Waals surface area contributed by atoms with Crippen LogP contribution in [0.1, 0.15) is 58.3 Å². The molecule has 0 amide bonds. The van der Waals surface area contributed by atoms with Gasteiger partial charge in [0.05, 0.1) is 0 Å². The van der Waals surface area contributed by atoms with E-state index in [1.807, 2.05) is 0 Å². The van der Waals surface area contributed by atoms with Crippen molar-refractivity contribution in [2.45, 2.75) is 75.9 Å². The van der Waals surface area contributed by atoms with Gasteiger partial charge in [0.15, 0.2) is 0 Å². The Hall–Kier alpha value is -0.120. The predicted octanol–water partition coefficient (Wildman–Crippen LogP) is 2.21. The van der Waals surface area contributed by atoms with E-state index in [-0.39, 0.29) is 0 Å². The van der Waals surface area contributed by atoms with Gasteiger partial charge in [0, 0.05) is 37.3 Å². The number of likely N-dealkylation sites (tertiary alicyclic amines) is 2. The van der Waals surface area contributed by atoms with Crippen LogP contribution in [0, 0.1) is 0 Å². The molecule has 0 radical (unpaired) electrons. The summed E-state index contributed by atoms with van der Waals surface area (Å²) in [6.07, 6.45) is 11.1. The Morgan fingerprint density at radius 2 is 1.95 bits per heavy atom. The van der Waals surface area contributed by atoms with E-state index in [1.54, 1.807) is 0 Å². The first-order valence-corrected chi connectivity index (χ1v) is 8.50. The molecule has 1 aliphatic carbocycles. The van der Waals surface area contributed by atoms with Crippen molar-refractivity contribution in [1.82, 2.24) is 9.80 Å². The van der Waals surface area contributed by atoms with E-state index >= 15 is 0 Å². The van der Waals surface area contributed by atoms with Gasteiger partial charge in [-0.3, -0.25) is 9.80 Å². The van der Waals surface area contributed by atoms with E-state index in [0.717, 1.165) is 18.6 Å². The maximum absolute atomic E-state index is 6.28. The second-order valence-corrected chi connectivity index (χ2v) is 6.98. The molecule has 0 aromatic rings. The van der Waals surface area contributed by atoms with Crippen LogP contribution in [0.5, 0.6) is 0 Å². The minimum atomic E-state index is 0.299. The van der Waals surface area contributed by atoms with E-state index in [2.05, 4.69) is 16.7 Å². The molecule has 1 saturated carbocycles. The zero-order valence-corrected chi connectivity index (χ0v) is 12.6. The van der Waals surface area contributed by atoms with Gasteiger partial charge in [-0.2, -0.15) is 0 Å². The van der Waals surface area contributed by atoms with Crippen LogP contribution >= 0.6 is 0 Å². The average Bonchev–Trinajstić information content (AvgIpc) is 3.23. The van der Waals surface area contributed by atoms with Crippen molar-refractivity contribution in [3.63, 3.8) is 0 Å². The second-order valence-electron chi connectivity index (χ2n) is 6.98. The Morgan fingerprint density at radius 1 is 1.11 bits per heavy atom. The molecule has 2 heterocycles. The number of nitrogens with zero attached hydrogens (tertiary/aromatic N) is 2. The van der Waals surface area contributed by atoms with Crippen molar-refractivity contribution in [1.29, 1.82) is 0 Å². The van der Waals surface area contributed by atoms with E-state index in [0.29, 0.717) is 5.54 Å². The molecule has 0 bridgehead atoms. The molecule has 3 nitrogen and oxygen atoms in total.